The van der Waals surface area contributed by atoms with Gasteiger partial charge in [-0.2, -0.15) is 5.26 Å². The van der Waals surface area contributed by atoms with Crippen molar-refractivity contribution in [3.05, 3.63) is 29.8 Å². The molecule has 0 unspecified atom stereocenters. The molecule has 2 N–H and O–H groups in total. The quantitative estimate of drug-likeness (QED) is 0.700. The second-order valence-corrected chi connectivity index (χ2v) is 3.92. The van der Waals surface area contributed by atoms with Crippen molar-refractivity contribution in [3.63, 3.8) is 0 Å². The van der Waals surface area contributed by atoms with Gasteiger partial charge in [0.05, 0.1) is 11.5 Å². The number of nitrogens with zero attached hydrogens (tertiary/aromatic N) is 1. The minimum atomic E-state index is -0.312. The van der Waals surface area contributed by atoms with Crippen LogP contribution < -0.4 is 5.73 Å². The number of anilines is 1. The molecule has 0 aliphatic carbocycles. The molecule has 2 heteroatoms. The largest absolute Gasteiger partial charge is 0.399 e. The Morgan fingerprint density at radius 1 is 1.46 bits per heavy atom. The lowest BCUT2D eigenvalue weighted by Gasteiger charge is -2.14. The molecule has 0 spiro atoms. The average molecular weight is 174 g/mol. The van der Waals surface area contributed by atoms with E-state index in [1.807, 2.05) is 38.1 Å². The van der Waals surface area contributed by atoms with Crippen LogP contribution >= 0.6 is 0 Å². The Morgan fingerprint density at radius 2 is 2.15 bits per heavy atom. The zero-order valence-electron chi connectivity index (χ0n) is 8.04. The first-order valence-electron chi connectivity index (χ1n) is 4.29. The Balaban J connectivity index is 2.82. The molecule has 0 aliphatic heterocycles. The Labute approximate surface area is 79.0 Å². The van der Waals surface area contributed by atoms with Gasteiger partial charge in [0.15, 0.2) is 0 Å². The maximum absolute atomic E-state index is 8.84. The van der Waals surface area contributed by atoms with E-state index in [-0.39, 0.29) is 5.41 Å². The smallest absolute Gasteiger partial charge is 0.0687 e. The third kappa shape index (κ3) is 2.79. The highest BCUT2D eigenvalue weighted by Gasteiger charge is 2.16. The van der Waals surface area contributed by atoms with Crippen LogP contribution in [0.4, 0.5) is 5.69 Å². The van der Waals surface area contributed by atoms with Gasteiger partial charge in [0.25, 0.3) is 0 Å². The molecule has 0 aliphatic rings. The number of hydrogen-bond donors (Lipinski definition) is 1. The summed E-state index contributed by atoms with van der Waals surface area (Å²) < 4.78 is 0. The van der Waals surface area contributed by atoms with Crippen LogP contribution in [0.2, 0.25) is 0 Å². The maximum Gasteiger partial charge on any atom is 0.0687 e. The molecule has 0 amide bonds. The summed E-state index contributed by atoms with van der Waals surface area (Å²) in [7, 11) is 0. The van der Waals surface area contributed by atoms with Gasteiger partial charge in [0.1, 0.15) is 0 Å². The summed E-state index contributed by atoms with van der Waals surface area (Å²) in [5.74, 6) is 0. The Bertz CT molecular complexity index is 334. The molecule has 0 radical (unpaired) electrons. The Kier molecular flexibility index (Phi) is 2.57. The summed E-state index contributed by atoms with van der Waals surface area (Å²) in [4.78, 5) is 0. The number of benzene rings is 1. The van der Waals surface area contributed by atoms with Crippen molar-refractivity contribution in [1.29, 1.82) is 5.26 Å². The van der Waals surface area contributed by atoms with E-state index in [9.17, 15) is 0 Å². The molecule has 1 aromatic carbocycles. The van der Waals surface area contributed by atoms with Gasteiger partial charge in [-0.25, -0.2) is 0 Å². The third-order valence-electron chi connectivity index (χ3n) is 1.90. The van der Waals surface area contributed by atoms with Crippen LogP contribution in [0.25, 0.3) is 0 Å². The number of rotatable bonds is 2. The van der Waals surface area contributed by atoms with Crippen molar-refractivity contribution in [2.24, 2.45) is 5.41 Å². The highest BCUT2D eigenvalue weighted by Crippen LogP contribution is 2.21. The second-order valence-electron chi connectivity index (χ2n) is 3.92. The van der Waals surface area contributed by atoms with Crippen LogP contribution in [0.1, 0.15) is 19.4 Å². The van der Waals surface area contributed by atoms with Gasteiger partial charge in [-0.05, 0) is 38.0 Å². The van der Waals surface area contributed by atoms with E-state index in [0.717, 1.165) is 17.7 Å². The van der Waals surface area contributed by atoms with Gasteiger partial charge in [0.2, 0.25) is 0 Å². The highest BCUT2D eigenvalue weighted by atomic mass is 14.5. The van der Waals surface area contributed by atoms with Crippen LogP contribution in [0.15, 0.2) is 24.3 Å². The lowest BCUT2D eigenvalue weighted by atomic mass is 9.87. The second kappa shape index (κ2) is 3.49. The summed E-state index contributed by atoms with van der Waals surface area (Å²) in [5, 5.41) is 8.84. The first-order chi connectivity index (χ1) is 6.03. The number of nitrogen functional groups attached to an aromatic ring is 1. The molecule has 1 aromatic rings. The molecule has 0 fully saturated rings. The minimum absolute atomic E-state index is 0.312. The Hall–Kier alpha value is -1.49. The molecule has 0 atom stereocenters. The average Bonchev–Trinajstić information content (AvgIpc) is 2.03. The van der Waals surface area contributed by atoms with Crippen LogP contribution in [-0.2, 0) is 6.42 Å². The van der Waals surface area contributed by atoms with E-state index in [1.165, 1.54) is 0 Å². The SMILES string of the molecule is CC(C)(C#N)Cc1cccc(N)c1. The van der Waals surface area contributed by atoms with Gasteiger partial charge in [-0.1, -0.05) is 12.1 Å². The van der Waals surface area contributed by atoms with E-state index in [1.54, 1.807) is 0 Å². The zero-order chi connectivity index (χ0) is 9.90. The van der Waals surface area contributed by atoms with Crippen molar-refractivity contribution in [3.8, 4) is 6.07 Å². The fraction of sp³-hybridized carbons (Fsp3) is 0.364. The van der Waals surface area contributed by atoms with Gasteiger partial charge in [-0.15, -0.1) is 0 Å². The first-order valence-corrected chi connectivity index (χ1v) is 4.29. The zero-order valence-corrected chi connectivity index (χ0v) is 8.04. The molecule has 13 heavy (non-hydrogen) atoms. The molecule has 1 rings (SSSR count). The van der Waals surface area contributed by atoms with Crippen molar-refractivity contribution in [2.75, 3.05) is 5.73 Å². The van der Waals surface area contributed by atoms with E-state index < -0.39 is 0 Å². The summed E-state index contributed by atoms with van der Waals surface area (Å²) >= 11 is 0. The maximum atomic E-state index is 8.84. The normalized spacial score (nSPS) is 10.8. The van der Waals surface area contributed by atoms with Crippen LogP contribution in [0.3, 0.4) is 0 Å². The van der Waals surface area contributed by atoms with Crippen molar-refractivity contribution < 1.29 is 0 Å². The fourth-order valence-corrected chi connectivity index (χ4v) is 1.25. The number of hydrogen-bond acceptors (Lipinski definition) is 2. The molecule has 2 nitrogen and oxygen atoms in total. The minimum Gasteiger partial charge on any atom is -0.399 e. The summed E-state index contributed by atoms with van der Waals surface area (Å²) in [6.45, 7) is 3.85. The van der Waals surface area contributed by atoms with Gasteiger partial charge in [-0.3, -0.25) is 0 Å². The fourth-order valence-electron chi connectivity index (χ4n) is 1.25. The standard InChI is InChI=1S/C11H14N2/c1-11(2,8-12)7-9-4-3-5-10(13)6-9/h3-6H,7,13H2,1-2H3. The topological polar surface area (TPSA) is 49.8 Å². The monoisotopic (exact) mass is 174 g/mol. The molecule has 0 saturated heterocycles. The van der Waals surface area contributed by atoms with Crippen LogP contribution in [-0.4, -0.2) is 0 Å². The molecule has 0 saturated carbocycles. The van der Waals surface area contributed by atoms with E-state index in [4.69, 9.17) is 11.0 Å². The molecule has 0 aromatic heterocycles. The molecular weight excluding hydrogens is 160 g/mol. The van der Waals surface area contributed by atoms with E-state index >= 15 is 0 Å². The molecule has 68 valence electrons. The molecular formula is C11H14N2. The third-order valence-corrected chi connectivity index (χ3v) is 1.90. The summed E-state index contributed by atoms with van der Waals surface area (Å²) in [5.41, 5.74) is 7.20. The first kappa shape index (κ1) is 9.60. The lowest BCUT2D eigenvalue weighted by molar-refractivity contribution is 0.493. The molecule has 0 bridgehead atoms. The summed E-state index contributed by atoms with van der Waals surface area (Å²) in [6, 6.07) is 9.94. The molecule has 0 heterocycles. The van der Waals surface area contributed by atoms with Gasteiger partial charge >= 0.3 is 0 Å². The van der Waals surface area contributed by atoms with Crippen molar-refractivity contribution in [1.82, 2.24) is 0 Å². The predicted octanol–water partition coefficient (Wildman–Crippen LogP) is 2.36. The van der Waals surface area contributed by atoms with Crippen molar-refractivity contribution in [2.45, 2.75) is 20.3 Å². The van der Waals surface area contributed by atoms with E-state index in [0.29, 0.717) is 0 Å². The summed E-state index contributed by atoms with van der Waals surface area (Å²) in [6.07, 6.45) is 0.745. The lowest BCUT2D eigenvalue weighted by Crippen LogP contribution is -2.11. The Morgan fingerprint density at radius 3 is 2.69 bits per heavy atom. The van der Waals surface area contributed by atoms with E-state index in [2.05, 4.69) is 6.07 Å². The predicted molar refractivity (Wildman–Crippen MR) is 54.0 cm³/mol. The number of nitrogens with two attached hydrogens (primary N) is 1. The van der Waals surface area contributed by atoms with Gasteiger partial charge < -0.3 is 5.73 Å². The van der Waals surface area contributed by atoms with Crippen LogP contribution in [0.5, 0.6) is 0 Å². The van der Waals surface area contributed by atoms with Gasteiger partial charge in [0, 0.05) is 5.69 Å². The van der Waals surface area contributed by atoms with Crippen LogP contribution in [0, 0.1) is 16.7 Å². The van der Waals surface area contributed by atoms with Crippen molar-refractivity contribution >= 4 is 5.69 Å². The number of nitriles is 1. The highest BCUT2D eigenvalue weighted by molar-refractivity contribution is 5.41.